The van der Waals surface area contributed by atoms with E-state index in [9.17, 15) is 18.0 Å². The molecule has 0 saturated heterocycles. The van der Waals surface area contributed by atoms with Gasteiger partial charge in [0.05, 0.1) is 17.2 Å². The number of rotatable bonds is 14. The zero-order chi connectivity index (χ0) is 30.9. The Morgan fingerprint density at radius 2 is 1.62 bits per heavy atom. The molecule has 0 aliphatic rings. The van der Waals surface area contributed by atoms with E-state index in [1.807, 2.05) is 44.4 Å². The van der Waals surface area contributed by atoms with Gasteiger partial charge in [0, 0.05) is 22.0 Å². The van der Waals surface area contributed by atoms with Gasteiger partial charge in [-0.25, -0.2) is 8.42 Å². The van der Waals surface area contributed by atoms with E-state index >= 15 is 0 Å². The molecule has 2 atom stereocenters. The summed E-state index contributed by atoms with van der Waals surface area (Å²) < 4.78 is 36.0. The number of anilines is 1. The van der Waals surface area contributed by atoms with Crippen LogP contribution in [0.2, 0.25) is 0 Å². The maximum absolute atomic E-state index is 14.1. The highest BCUT2D eigenvalue weighted by atomic mass is 79.9. The average molecular weight is 677 g/mol. The van der Waals surface area contributed by atoms with Gasteiger partial charge in [0.25, 0.3) is 10.0 Å². The van der Waals surface area contributed by atoms with Gasteiger partial charge in [0.2, 0.25) is 11.8 Å². The number of benzene rings is 3. The highest BCUT2D eigenvalue weighted by molar-refractivity contribution is 9.10. The minimum atomic E-state index is -4.21. The van der Waals surface area contributed by atoms with Crippen LogP contribution in [0.1, 0.15) is 39.7 Å². The summed E-state index contributed by atoms with van der Waals surface area (Å²) in [6.45, 7) is 7.21. The molecular formula is C31H38BrN3O5S2. The van der Waals surface area contributed by atoms with Gasteiger partial charge in [0.15, 0.2) is 0 Å². The number of nitrogens with one attached hydrogen (secondary N) is 1. The molecule has 0 aliphatic carbocycles. The van der Waals surface area contributed by atoms with E-state index in [2.05, 4.69) is 21.2 Å². The molecule has 0 heterocycles. The van der Waals surface area contributed by atoms with Crippen molar-refractivity contribution in [2.45, 2.75) is 62.5 Å². The zero-order valence-corrected chi connectivity index (χ0v) is 27.8. The fourth-order valence-corrected chi connectivity index (χ4v) is 6.26. The lowest BCUT2D eigenvalue weighted by Gasteiger charge is -2.33. The van der Waals surface area contributed by atoms with Crippen LogP contribution in [0, 0.1) is 0 Å². The Morgan fingerprint density at radius 3 is 2.21 bits per heavy atom. The predicted molar refractivity (Wildman–Crippen MR) is 172 cm³/mol. The number of hydrogen-bond donors (Lipinski definition) is 1. The number of thioether (sulfide) groups is 1. The van der Waals surface area contributed by atoms with Gasteiger partial charge in [-0.1, -0.05) is 47.1 Å². The Kier molecular flexibility index (Phi) is 12.3. The molecule has 0 fully saturated rings. The van der Waals surface area contributed by atoms with Crippen molar-refractivity contribution in [3.05, 3.63) is 82.8 Å². The van der Waals surface area contributed by atoms with Gasteiger partial charge < -0.3 is 15.0 Å². The maximum Gasteiger partial charge on any atom is 0.264 e. The molecule has 0 radical (unpaired) electrons. The number of halogens is 1. The number of nitrogens with zero attached hydrogens (tertiary/aromatic N) is 2. The Labute approximate surface area is 262 Å². The molecule has 0 aliphatic heterocycles. The molecule has 0 spiro atoms. The smallest absolute Gasteiger partial charge is 0.264 e. The third kappa shape index (κ3) is 8.52. The number of carbonyl (C=O) groups excluding carboxylic acids is 2. The number of carbonyl (C=O) groups is 2. The molecular weight excluding hydrogens is 638 g/mol. The van der Waals surface area contributed by atoms with E-state index in [0.717, 1.165) is 25.7 Å². The lowest BCUT2D eigenvalue weighted by Crippen LogP contribution is -2.52. The highest BCUT2D eigenvalue weighted by Gasteiger charge is 2.34. The third-order valence-electron chi connectivity index (χ3n) is 6.79. The minimum absolute atomic E-state index is 0.0430. The molecule has 0 bridgehead atoms. The first-order valence-electron chi connectivity index (χ1n) is 13.7. The summed E-state index contributed by atoms with van der Waals surface area (Å²) in [6.07, 6.45) is 2.64. The van der Waals surface area contributed by atoms with E-state index in [0.29, 0.717) is 12.4 Å². The van der Waals surface area contributed by atoms with Crippen molar-refractivity contribution in [3.63, 3.8) is 0 Å². The summed E-state index contributed by atoms with van der Waals surface area (Å²) in [6, 6.07) is 19.7. The molecule has 3 rings (SSSR count). The van der Waals surface area contributed by atoms with E-state index < -0.39 is 28.5 Å². The van der Waals surface area contributed by atoms with Crippen LogP contribution < -0.4 is 14.4 Å². The summed E-state index contributed by atoms with van der Waals surface area (Å²) in [5.74, 6) is -0.508. The predicted octanol–water partition coefficient (Wildman–Crippen LogP) is 6.10. The number of para-hydroxylation sites is 2. The van der Waals surface area contributed by atoms with Gasteiger partial charge in [-0.2, -0.15) is 0 Å². The lowest BCUT2D eigenvalue weighted by atomic mass is 10.1. The van der Waals surface area contributed by atoms with Gasteiger partial charge in [-0.05, 0) is 87.5 Å². The molecule has 226 valence electrons. The summed E-state index contributed by atoms with van der Waals surface area (Å²) in [4.78, 5) is 29.7. The SMILES string of the molecule is CCOc1ccccc1N(CC(=O)N(Cc1ccc(Br)cc1)[C@@H](C)C(=O)N[C@H](C)CC)S(=O)(=O)c1ccc(SC)cc1. The third-order valence-corrected chi connectivity index (χ3v) is 9.84. The molecule has 0 aromatic heterocycles. The van der Waals surface area contributed by atoms with Crippen molar-refractivity contribution < 1.29 is 22.7 Å². The van der Waals surface area contributed by atoms with Crippen molar-refractivity contribution >= 4 is 55.2 Å². The second kappa shape index (κ2) is 15.5. The molecule has 3 aromatic rings. The van der Waals surface area contributed by atoms with Crippen LogP contribution in [0.3, 0.4) is 0 Å². The topological polar surface area (TPSA) is 96.0 Å². The normalized spacial score (nSPS) is 12.7. The summed E-state index contributed by atoms with van der Waals surface area (Å²) in [7, 11) is -4.21. The number of ether oxygens (including phenoxy) is 1. The molecule has 0 unspecified atom stereocenters. The van der Waals surface area contributed by atoms with E-state index in [1.165, 1.54) is 28.8 Å². The first kappa shape index (κ1) is 33.5. The van der Waals surface area contributed by atoms with Crippen LogP contribution in [-0.2, 0) is 26.2 Å². The zero-order valence-electron chi connectivity index (χ0n) is 24.5. The first-order chi connectivity index (χ1) is 20.0. The summed E-state index contributed by atoms with van der Waals surface area (Å²) in [5.41, 5.74) is 1.04. The summed E-state index contributed by atoms with van der Waals surface area (Å²) >= 11 is 4.93. The van der Waals surface area contributed by atoms with Gasteiger partial charge in [0.1, 0.15) is 18.3 Å². The fraction of sp³-hybridized carbons (Fsp3) is 0.355. The van der Waals surface area contributed by atoms with Crippen molar-refractivity contribution in [3.8, 4) is 5.75 Å². The fourth-order valence-electron chi connectivity index (χ4n) is 4.16. The van der Waals surface area contributed by atoms with Gasteiger partial charge in [-0.3, -0.25) is 13.9 Å². The highest BCUT2D eigenvalue weighted by Crippen LogP contribution is 2.33. The molecule has 8 nitrogen and oxygen atoms in total. The lowest BCUT2D eigenvalue weighted by molar-refractivity contribution is -0.139. The second-order valence-electron chi connectivity index (χ2n) is 9.73. The van der Waals surface area contributed by atoms with Crippen molar-refractivity contribution in [2.24, 2.45) is 0 Å². The number of hydrogen-bond acceptors (Lipinski definition) is 6. The van der Waals surface area contributed by atoms with Crippen LogP contribution in [0.4, 0.5) is 5.69 Å². The molecule has 42 heavy (non-hydrogen) atoms. The molecule has 1 N–H and O–H groups in total. The van der Waals surface area contributed by atoms with Crippen LogP contribution in [-0.4, -0.2) is 56.6 Å². The Morgan fingerprint density at radius 1 is 0.976 bits per heavy atom. The Hall–Kier alpha value is -3.02. The van der Waals surface area contributed by atoms with E-state index in [1.54, 1.807) is 50.2 Å². The quantitative estimate of drug-likeness (QED) is 0.208. The molecule has 2 amide bonds. The minimum Gasteiger partial charge on any atom is -0.492 e. The maximum atomic E-state index is 14.1. The van der Waals surface area contributed by atoms with Crippen LogP contribution >= 0.6 is 27.7 Å². The standard InChI is InChI=1S/C31H38BrN3O5S2/c1-6-22(3)33-31(37)23(4)34(20-24-12-14-25(32)15-13-24)30(36)21-35(28-10-8-9-11-29(28)40-7-2)42(38,39)27-18-16-26(41-5)17-19-27/h8-19,22-23H,6-7,20-21H2,1-5H3,(H,33,37)/t22-,23+/m1/s1. The van der Waals surface area contributed by atoms with E-state index in [-0.39, 0.29) is 29.1 Å². The van der Waals surface area contributed by atoms with Crippen molar-refractivity contribution in [1.29, 1.82) is 0 Å². The Balaban J connectivity index is 2.07. The average Bonchev–Trinajstić information content (AvgIpc) is 2.99. The summed E-state index contributed by atoms with van der Waals surface area (Å²) in [5, 5.41) is 2.94. The van der Waals surface area contributed by atoms with Gasteiger partial charge >= 0.3 is 0 Å². The van der Waals surface area contributed by atoms with Crippen molar-refractivity contribution in [2.75, 3.05) is 23.7 Å². The number of amides is 2. The Bertz CT molecular complexity index is 1450. The molecule has 11 heteroatoms. The first-order valence-corrected chi connectivity index (χ1v) is 17.2. The van der Waals surface area contributed by atoms with Crippen LogP contribution in [0.15, 0.2) is 87.1 Å². The van der Waals surface area contributed by atoms with Gasteiger partial charge in [-0.15, -0.1) is 11.8 Å². The van der Waals surface area contributed by atoms with Crippen LogP contribution in [0.25, 0.3) is 0 Å². The molecule has 0 saturated carbocycles. The molecule has 3 aromatic carbocycles. The van der Waals surface area contributed by atoms with Crippen molar-refractivity contribution in [1.82, 2.24) is 10.2 Å². The van der Waals surface area contributed by atoms with Crippen LogP contribution in [0.5, 0.6) is 5.75 Å². The van der Waals surface area contributed by atoms with E-state index in [4.69, 9.17) is 4.74 Å². The number of sulfonamides is 1. The monoisotopic (exact) mass is 675 g/mol. The second-order valence-corrected chi connectivity index (χ2v) is 13.4. The largest absolute Gasteiger partial charge is 0.492 e.